The van der Waals surface area contributed by atoms with Gasteiger partial charge in [0.05, 0.1) is 4.90 Å². The highest BCUT2D eigenvalue weighted by Crippen LogP contribution is 2.21. The van der Waals surface area contributed by atoms with Crippen molar-refractivity contribution in [3.05, 3.63) is 50.6 Å². The summed E-state index contributed by atoms with van der Waals surface area (Å²) in [5.41, 5.74) is 1.02. The Morgan fingerprint density at radius 3 is 2.50 bits per heavy atom. The average Bonchev–Trinajstić information content (AvgIpc) is 2.81. The first-order chi connectivity index (χ1) is 9.36. The molecule has 0 spiro atoms. The quantitative estimate of drug-likeness (QED) is 0.844. The Bertz CT molecular complexity index is 681. The number of hydrogen-bond acceptors (Lipinski definition) is 4. The smallest absolute Gasteiger partial charge is 0.238 e. The third-order valence-corrected chi connectivity index (χ3v) is 5.54. The Morgan fingerprint density at radius 2 is 2.00 bits per heavy atom. The van der Waals surface area contributed by atoms with Crippen molar-refractivity contribution < 1.29 is 8.42 Å². The van der Waals surface area contributed by atoms with Gasteiger partial charge in [-0.3, -0.25) is 0 Å². The summed E-state index contributed by atoms with van der Waals surface area (Å²) >= 11 is 5.11. The van der Waals surface area contributed by atoms with Gasteiger partial charge in [-0.1, -0.05) is 12.1 Å². The summed E-state index contributed by atoms with van der Waals surface area (Å²) in [5, 5.41) is 10.5. The first-order valence-electron chi connectivity index (χ1n) is 5.95. The number of thiophene rings is 1. The maximum Gasteiger partial charge on any atom is 0.238 e. The zero-order chi connectivity index (χ0) is 14.8. The lowest BCUT2D eigenvalue weighted by molar-refractivity contribution is 0.577. The molecule has 0 aliphatic rings. The molecule has 0 aliphatic carbocycles. The molecule has 108 valence electrons. The molecule has 1 atom stereocenters. The lowest BCUT2D eigenvalue weighted by Crippen LogP contribution is -2.18. The van der Waals surface area contributed by atoms with E-state index in [0.29, 0.717) is 0 Å². The number of halogens is 1. The van der Waals surface area contributed by atoms with Crippen molar-refractivity contribution in [1.82, 2.24) is 5.32 Å². The topological polar surface area (TPSA) is 72.2 Å². The van der Waals surface area contributed by atoms with Gasteiger partial charge in [0.1, 0.15) is 0 Å². The fourth-order valence-electron chi connectivity index (χ4n) is 1.76. The van der Waals surface area contributed by atoms with Crippen molar-refractivity contribution in [1.29, 1.82) is 0 Å². The number of primary sulfonamides is 1. The Morgan fingerprint density at radius 1 is 1.35 bits per heavy atom. The van der Waals surface area contributed by atoms with Crippen LogP contribution in [0.25, 0.3) is 0 Å². The second-order valence-corrected chi connectivity index (χ2v) is 7.92. The van der Waals surface area contributed by atoms with Gasteiger partial charge in [0, 0.05) is 27.3 Å². The van der Waals surface area contributed by atoms with Gasteiger partial charge in [0.25, 0.3) is 0 Å². The summed E-state index contributed by atoms with van der Waals surface area (Å²) in [5.74, 6) is 0. The molecular weight excluding hydrogens is 360 g/mol. The molecule has 0 aliphatic heterocycles. The normalized spacial score (nSPS) is 13.3. The maximum absolute atomic E-state index is 11.2. The van der Waals surface area contributed by atoms with Gasteiger partial charge in [0.15, 0.2) is 0 Å². The molecule has 20 heavy (non-hydrogen) atoms. The molecule has 0 bridgehead atoms. The third kappa shape index (κ3) is 4.13. The van der Waals surface area contributed by atoms with E-state index in [1.165, 1.54) is 17.0 Å². The van der Waals surface area contributed by atoms with Crippen LogP contribution in [-0.4, -0.2) is 8.42 Å². The largest absolute Gasteiger partial charge is 0.305 e. The predicted octanol–water partition coefficient (Wildman–Crippen LogP) is 3.01. The fraction of sp³-hybridized carbons (Fsp3) is 0.231. The molecule has 4 nitrogen and oxygen atoms in total. The van der Waals surface area contributed by atoms with E-state index in [9.17, 15) is 8.42 Å². The summed E-state index contributed by atoms with van der Waals surface area (Å²) in [7, 11) is -3.62. The molecule has 1 unspecified atom stereocenters. The van der Waals surface area contributed by atoms with Gasteiger partial charge >= 0.3 is 0 Å². The lowest BCUT2D eigenvalue weighted by atomic mass is 10.1. The molecule has 0 amide bonds. The number of rotatable bonds is 5. The van der Waals surface area contributed by atoms with E-state index < -0.39 is 10.0 Å². The Hall–Kier alpha value is -0.730. The first kappa shape index (κ1) is 15.7. The standard InChI is InChI=1S/C13H15BrN2O2S2/c1-9(16-7-12-6-11(14)8-19-12)10-2-4-13(5-3-10)20(15,17)18/h2-6,8-9,16H,7H2,1H3,(H2,15,17,18). The second-order valence-electron chi connectivity index (χ2n) is 4.45. The Balaban J connectivity index is 2.00. The number of nitrogens with two attached hydrogens (primary N) is 1. The van der Waals surface area contributed by atoms with Crippen LogP contribution in [0.4, 0.5) is 0 Å². The highest BCUT2D eigenvalue weighted by Gasteiger charge is 2.10. The fourth-order valence-corrected chi connectivity index (χ4v) is 3.68. The molecule has 0 saturated heterocycles. The van der Waals surface area contributed by atoms with Crippen molar-refractivity contribution in [3.8, 4) is 0 Å². The van der Waals surface area contributed by atoms with E-state index in [-0.39, 0.29) is 10.9 Å². The maximum atomic E-state index is 11.2. The van der Waals surface area contributed by atoms with Crippen molar-refractivity contribution in [2.45, 2.75) is 24.4 Å². The van der Waals surface area contributed by atoms with E-state index >= 15 is 0 Å². The van der Waals surface area contributed by atoms with Crippen LogP contribution in [0.3, 0.4) is 0 Å². The van der Waals surface area contributed by atoms with E-state index in [1.807, 2.05) is 12.3 Å². The van der Waals surface area contributed by atoms with E-state index in [1.54, 1.807) is 23.5 Å². The molecule has 3 N–H and O–H groups in total. The van der Waals surface area contributed by atoms with E-state index in [2.05, 4.69) is 27.3 Å². The molecule has 7 heteroatoms. The van der Waals surface area contributed by atoms with Crippen LogP contribution >= 0.6 is 27.3 Å². The molecular formula is C13H15BrN2O2S2. The zero-order valence-corrected chi connectivity index (χ0v) is 14.1. The molecule has 1 aromatic heterocycles. The predicted molar refractivity (Wildman–Crippen MR) is 85.1 cm³/mol. The van der Waals surface area contributed by atoms with Crippen LogP contribution in [0.2, 0.25) is 0 Å². The van der Waals surface area contributed by atoms with Crippen molar-refractivity contribution >= 4 is 37.3 Å². The monoisotopic (exact) mass is 374 g/mol. The Labute approximate surface area is 131 Å². The number of benzene rings is 1. The lowest BCUT2D eigenvalue weighted by Gasteiger charge is -2.14. The van der Waals surface area contributed by atoms with E-state index in [4.69, 9.17) is 5.14 Å². The summed E-state index contributed by atoms with van der Waals surface area (Å²) < 4.78 is 23.5. The zero-order valence-electron chi connectivity index (χ0n) is 10.8. The molecule has 2 rings (SSSR count). The van der Waals surface area contributed by atoms with Crippen molar-refractivity contribution in [2.24, 2.45) is 5.14 Å². The van der Waals surface area contributed by atoms with Crippen LogP contribution in [-0.2, 0) is 16.6 Å². The SMILES string of the molecule is CC(NCc1cc(Br)cs1)c1ccc(S(N)(=O)=O)cc1. The summed E-state index contributed by atoms with van der Waals surface area (Å²) in [4.78, 5) is 1.38. The molecule has 0 radical (unpaired) electrons. The summed E-state index contributed by atoms with van der Waals surface area (Å²) in [6.45, 7) is 2.81. The molecule has 2 aromatic rings. The van der Waals surface area contributed by atoms with Gasteiger partial charge in [-0.05, 0) is 46.6 Å². The first-order valence-corrected chi connectivity index (χ1v) is 9.17. The minimum absolute atomic E-state index is 0.130. The van der Waals surface area contributed by atoms with Crippen molar-refractivity contribution in [3.63, 3.8) is 0 Å². The van der Waals surface area contributed by atoms with Gasteiger partial charge < -0.3 is 5.32 Å². The van der Waals surface area contributed by atoms with Crippen LogP contribution in [0.15, 0.2) is 45.1 Å². The number of hydrogen-bond donors (Lipinski definition) is 2. The van der Waals surface area contributed by atoms with Gasteiger partial charge in [-0.2, -0.15) is 0 Å². The second kappa shape index (κ2) is 6.36. The van der Waals surface area contributed by atoms with Crippen LogP contribution < -0.4 is 10.5 Å². The molecule has 1 heterocycles. The van der Waals surface area contributed by atoms with Crippen LogP contribution in [0.1, 0.15) is 23.4 Å². The van der Waals surface area contributed by atoms with Crippen LogP contribution in [0.5, 0.6) is 0 Å². The minimum Gasteiger partial charge on any atom is -0.305 e. The van der Waals surface area contributed by atoms with E-state index in [0.717, 1.165) is 16.6 Å². The highest BCUT2D eigenvalue weighted by atomic mass is 79.9. The van der Waals surface area contributed by atoms with Crippen molar-refractivity contribution in [2.75, 3.05) is 0 Å². The highest BCUT2D eigenvalue weighted by molar-refractivity contribution is 9.10. The molecule has 0 fully saturated rings. The van der Waals surface area contributed by atoms with Gasteiger partial charge in [-0.25, -0.2) is 13.6 Å². The number of sulfonamides is 1. The van der Waals surface area contributed by atoms with Gasteiger partial charge in [-0.15, -0.1) is 11.3 Å². The number of nitrogens with one attached hydrogen (secondary N) is 1. The molecule has 1 aromatic carbocycles. The summed E-state index contributed by atoms with van der Waals surface area (Å²) in [6, 6.07) is 8.83. The van der Waals surface area contributed by atoms with Crippen LogP contribution in [0, 0.1) is 0 Å². The third-order valence-electron chi connectivity index (χ3n) is 2.91. The Kier molecular flexibility index (Phi) is 4.98. The van der Waals surface area contributed by atoms with Gasteiger partial charge in [0.2, 0.25) is 10.0 Å². The molecule has 0 saturated carbocycles. The summed E-state index contributed by atoms with van der Waals surface area (Å²) in [6.07, 6.45) is 0. The minimum atomic E-state index is -3.62. The average molecular weight is 375 g/mol.